The molecule has 0 atom stereocenters. The molecule has 23 heavy (non-hydrogen) atoms. The van der Waals surface area contributed by atoms with Crippen molar-refractivity contribution in [2.24, 2.45) is 0 Å². The largest absolute Gasteiger partial charge is 0.481 e. The van der Waals surface area contributed by atoms with Crippen LogP contribution in [0.1, 0.15) is 31.4 Å². The number of nitrogens with one attached hydrogen (secondary N) is 2. The lowest BCUT2D eigenvalue weighted by Crippen LogP contribution is -2.55. The molecule has 1 aromatic heterocycles. The molecule has 126 valence electrons. The second-order valence-electron chi connectivity index (χ2n) is 5.62. The quantitative estimate of drug-likeness (QED) is 0.649. The molecular formula is C14H19N3O5S. The maximum atomic E-state index is 11.9. The molecule has 1 aliphatic rings. The van der Waals surface area contributed by atoms with E-state index in [9.17, 15) is 14.4 Å². The van der Waals surface area contributed by atoms with Gasteiger partial charge in [0.15, 0.2) is 5.82 Å². The third-order valence-corrected chi connectivity index (χ3v) is 4.50. The van der Waals surface area contributed by atoms with Crippen molar-refractivity contribution < 1.29 is 24.0 Å². The topological polar surface area (TPSA) is 122 Å². The van der Waals surface area contributed by atoms with Gasteiger partial charge in [0.05, 0.1) is 23.5 Å². The number of hydrogen-bond acceptors (Lipinski definition) is 6. The zero-order chi connectivity index (χ0) is 16.9. The number of nitrogens with zero attached hydrogens (tertiary/aromatic N) is 1. The third-order valence-electron chi connectivity index (χ3n) is 3.57. The highest BCUT2D eigenvalue weighted by atomic mass is 32.2. The number of aryl methyl sites for hydroxylation is 1. The van der Waals surface area contributed by atoms with E-state index < -0.39 is 11.5 Å². The van der Waals surface area contributed by atoms with Gasteiger partial charge in [0.2, 0.25) is 11.8 Å². The molecule has 1 aromatic rings. The predicted octanol–water partition coefficient (Wildman–Crippen LogP) is 1.17. The van der Waals surface area contributed by atoms with Gasteiger partial charge in [-0.3, -0.25) is 14.4 Å². The monoisotopic (exact) mass is 341 g/mol. The van der Waals surface area contributed by atoms with Gasteiger partial charge in [0.25, 0.3) is 0 Å². The zero-order valence-corrected chi connectivity index (χ0v) is 13.6. The highest BCUT2D eigenvalue weighted by Gasteiger charge is 2.40. The van der Waals surface area contributed by atoms with Crippen molar-refractivity contribution in [3.63, 3.8) is 0 Å². The summed E-state index contributed by atoms with van der Waals surface area (Å²) >= 11 is 1.16. The molecule has 1 aliphatic carbocycles. The number of carboxylic acids is 1. The molecule has 8 nitrogen and oxygen atoms in total. The molecule has 0 aromatic carbocycles. The van der Waals surface area contributed by atoms with Gasteiger partial charge in [-0.25, -0.2) is 0 Å². The third kappa shape index (κ3) is 5.27. The van der Waals surface area contributed by atoms with Crippen molar-refractivity contribution in [2.75, 3.05) is 16.8 Å². The minimum absolute atomic E-state index is 0.0601. The van der Waals surface area contributed by atoms with Gasteiger partial charge in [-0.2, -0.15) is 0 Å². The van der Waals surface area contributed by atoms with Crippen LogP contribution in [0, 0.1) is 6.92 Å². The van der Waals surface area contributed by atoms with E-state index in [1.807, 2.05) is 0 Å². The van der Waals surface area contributed by atoms with Gasteiger partial charge in [0.1, 0.15) is 5.76 Å². The van der Waals surface area contributed by atoms with Gasteiger partial charge in [-0.1, -0.05) is 5.16 Å². The van der Waals surface area contributed by atoms with E-state index in [-0.39, 0.29) is 29.7 Å². The minimum atomic E-state index is -0.917. The Morgan fingerprint density at radius 3 is 2.57 bits per heavy atom. The fourth-order valence-corrected chi connectivity index (χ4v) is 3.03. The lowest BCUT2D eigenvalue weighted by molar-refractivity contribution is -0.140. The maximum Gasteiger partial charge on any atom is 0.305 e. The summed E-state index contributed by atoms with van der Waals surface area (Å²) in [6.07, 6.45) is 2.22. The number of rotatable bonds is 8. The highest BCUT2D eigenvalue weighted by Crippen LogP contribution is 2.34. The summed E-state index contributed by atoms with van der Waals surface area (Å²) in [6.45, 7) is 1.72. The Kier molecular flexibility index (Phi) is 5.64. The SMILES string of the molecule is Cc1cc(NC(=O)CSCC(=O)NC2(CC(=O)O)CCC2)no1. The minimum Gasteiger partial charge on any atom is -0.481 e. The number of aromatic nitrogens is 1. The summed E-state index contributed by atoms with van der Waals surface area (Å²) in [4.78, 5) is 34.4. The molecule has 2 rings (SSSR count). The summed E-state index contributed by atoms with van der Waals surface area (Å²) in [5.41, 5.74) is -0.607. The molecule has 9 heteroatoms. The fourth-order valence-electron chi connectivity index (χ4n) is 2.41. The molecule has 0 radical (unpaired) electrons. The van der Waals surface area contributed by atoms with Gasteiger partial charge in [-0.05, 0) is 26.2 Å². The Hall–Kier alpha value is -2.03. The van der Waals surface area contributed by atoms with Gasteiger partial charge < -0.3 is 20.3 Å². The average molecular weight is 341 g/mol. The molecule has 1 heterocycles. The average Bonchev–Trinajstić information content (AvgIpc) is 2.80. The van der Waals surface area contributed by atoms with E-state index in [4.69, 9.17) is 9.63 Å². The van der Waals surface area contributed by atoms with Crippen molar-refractivity contribution in [3.8, 4) is 0 Å². The number of carbonyl (C=O) groups excluding carboxylic acids is 2. The van der Waals surface area contributed by atoms with Crippen molar-refractivity contribution >= 4 is 35.4 Å². The molecule has 2 amide bonds. The summed E-state index contributed by atoms with van der Waals surface area (Å²) in [5, 5.41) is 17.9. The molecule has 0 spiro atoms. The number of carbonyl (C=O) groups is 3. The van der Waals surface area contributed by atoms with Crippen LogP contribution in [-0.4, -0.2) is 45.1 Å². The first-order valence-corrected chi connectivity index (χ1v) is 8.38. The standard InChI is InChI=1S/C14H19N3O5S/c1-9-5-10(17-22-9)15-11(18)7-23-8-12(19)16-14(3-2-4-14)6-13(20)21/h5H,2-4,6-8H2,1H3,(H,16,19)(H,20,21)(H,15,17,18). The van der Waals surface area contributed by atoms with Gasteiger partial charge >= 0.3 is 5.97 Å². The second-order valence-corrected chi connectivity index (χ2v) is 6.60. The van der Waals surface area contributed by atoms with Crippen molar-refractivity contribution in [2.45, 2.75) is 38.1 Å². The lowest BCUT2D eigenvalue weighted by atomic mass is 9.74. The second kappa shape index (κ2) is 7.49. The van der Waals surface area contributed by atoms with E-state index in [1.165, 1.54) is 0 Å². The zero-order valence-electron chi connectivity index (χ0n) is 12.8. The molecule has 3 N–H and O–H groups in total. The van der Waals surface area contributed by atoms with Gasteiger partial charge in [-0.15, -0.1) is 11.8 Å². The summed E-state index contributed by atoms with van der Waals surface area (Å²) in [7, 11) is 0. The molecule has 0 bridgehead atoms. The van der Waals surface area contributed by atoms with Gasteiger partial charge in [0, 0.05) is 6.07 Å². The smallest absolute Gasteiger partial charge is 0.305 e. The number of amides is 2. The molecular weight excluding hydrogens is 322 g/mol. The van der Waals surface area contributed by atoms with E-state index in [0.717, 1.165) is 18.2 Å². The fraction of sp³-hybridized carbons (Fsp3) is 0.571. The van der Waals surface area contributed by atoms with Crippen LogP contribution in [-0.2, 0) is 14.4 Å². The lowest BCUT2D eigenvalue weighted by Gasteiger charge is -2.41. The molecule has 0 saturated heterocycles. The summed E-state index contributed by atoms with van der Waals surface area (Å²) < 4.78 is 4.83. The normalized spacial score (nSPS) is 15.5. The number of anilines is 1. The number of aliphatic carboxylic acids is 1. The van der Waals surface area contributed by atoms with Crippen LogP contribution in [0.25, 0.3) is 0 Å². The predicted molar refractivity (Wildman–Crippen MR) is 84.2 cm³/mol. The van der Waals surface area contributed by atoms with E-state index in [2.05, 4.69) is 15.8 Å². The summed E-state index contributed by atoms with van der Waals surface area (Å²) in [6, 6.07) is 1.60. The number of carboxylic acid groups (broad SMARTS) is 1. The first kappa shape index (κ1) is 17.3. The molecule has 1 fully saturated rings. The first-order valence-electron chi connectivity index (χ1n) is 7.22. The van der Waals surface area contributed by atoms with Crippen LogP contribution in [0.2, 0.25) is 0 Å². The Bertz CT molecular complexity index is 597. The van der Waals surface area contributed by atoms with E-state index in [0.29, 0.717) is 24.4 Å². The number of hydrogen-bond donors (Lipinski definition) is 3. The van der Waals surface area contributed by atoms with Crippen LogP contribution in [0.5, 0.6) is 0 Å². The van der Waals surface area contributed by atoms with E-state index in [1.54, 1.807) is 13.0 Å². The van der Waals surface area contributed by atoms with Crippen LogP contribution in [0.4, 0.5) is 5.82 Å². The Balaban J connectivity index is 1.68. The van der Waals surface area contributed by atoms with Crippen LogP contribution in [0.3, 0.4) is 0 Å². The Morgan fingerprint density at radius 2 is 2.04 bits per heavy atom. The van der Waals surface area contributed by atoms with Crippen molar-refractivity contribution in [3.05, 3.63) is 11.8 Å². The number of thioether (sulfide) groups is 1. The van der Waals surface area contributed by atoms with Crippen molar-refractivity contribution in [1.82, 2.24) is 10.5 Å². The summed E-state index contributed by atoms with van der Waals surface area (Å²) in [5.74, 6) is -0.303. The first-order chi connectivity index (χ1) is 10.9. The molecule has 0 unspecified atom stereocenters. The van der Waals surface area contributed by atoms with Crippen LogP contribution in [0.15, 0.2) is 10.6 Å². The van der Waals surface area contributed by atoms with E-state index >= 15 is 0 Å². The molecule has 0 aliphatic heterocycles. The molecule has 1 saturated carbocycles. The van der Waals surface area contributed by atoms with Crippen molar-refractivity contribution in [1.29, 1.82) is 0 Å². The highest BCUT2D eigenvalue weighted by molar-refractivity contribution is 8.00. The Morgan fingerprint density at radius 1 is 1.35 bits per heavy atom. The van der Waals surface area contributed by atoms with Crippen LogP contribution < -0.4 is 10.6 Å². The Labute approximate surface area is 137 Å². The maximum absolute atomic E-state index is 11.9. The van der Waals surface area contributed by atoms with Crippen LogP contribution >= 0.6 is 11.8 Å².